The molecule has 0 saturated heterocycles. The van der Waals surface area contributed by atoms with Crippen LogP contribution in [0.4, 0.5) is 5.69 Å². The van der Waals surface area contributed by atoms with Gasteiger partial charge in [-0.15, -0.1) is 0 Å². The Balaban J connectivity index is 1.79. The molecule has 2 aromatic carbocycles. The number of para-hydroxylation sites is 1. The monoisotopic (exact) mass is 474 g/mol. The zero-order valence-electron chi connectivity index (χ0n) is 19.8. The van der Waals surface area contributed by atoms with Gasteiger partial charge >= 0.3 is 0 Å². The minimum atomic E-state index is -3.67. The van der Waals surface area contributed by atoms with Crippen LogP contribution in [0.5, 0.6) is 11.5 Å². The van der Waals surface area contributed by atoms with Gasteiger partial charge in [0.25, 0.3) is 0 Å². The molecule has 1 atom stereocenters. The summed E-state index contributed by atoms with van der Waals surface area (Å²) in [5, 5.41) is 3.06. The lowest BCUT2D eigenvalue weighted by Gasteiger charge is -2.41. The summed E-state index contributed by atoms with van der Waals surface area (Å²) in [7, 11) is -3.67. The lowest BCUT2D eigenvalue weighted by Crippen LogP contribution is -2.47. The van der Waals surface area contributed by atoms with E-state index in [0.29, 0.717) is 24.5 Å². The number of hydrogen-bond donors (Lipinski definition) is 1. The lowest BCUT2D eigenvalue weighted by molar-refractivity contribution is -0.121. The zero-order chi connectivity index (χ0) is 24.1. The minimum absolute atomic E-state index is 0.256. The Hall–Kier alpha value is -2.74. The maximum Gasteiger partial charge on any atom is 0.241 e. The normalized spacial score (nSPS) is 16.9. The second-order valence-electron chi connectivity index (χ2n) is 8.47. The first kappa shape index (κ1) is 24.9. The van der Waals surface area contributed by atoms with Gasteiger partial charge in [0.2, 0.25) is 15.9 Å². The molecule has 0 bridgehead atoms. The third-order valence-electron chi connectivity index (χ3n) is 6.11. The van der Waals surface area contributed by atoms with E-state index < -0.39 is 10.0 Å². The molecule has 0 aliphatic carbocycles. The van der Waals surface area contributed by atoms with Crippen LogP contribution in [0.2, 0.25) is 0 Å². The SMILES string of the molecule is CCCOc1ccc(N(CC(=O)NC2CC(CC)(CC)Oc3ccccc32)S(C)(=O)=O)cc1. The molecule has 1 unspecified atom stereocenters. The van der Waals surface area contributed by atoms with Gasteiger partial charge in [-0.1, -0.05) is 39.0 Å². The van der Waals surface area contributed by atoms with Crippen molar-refractivity contribution in [2.24, 2.45) is 0 Å². The molecule has 3 rings (SSSR count). The third kappa shape index (κ3) is 5.99. The number of hydrogen-bond acceptors (Lipinski definition) is 5. The second kappa shape index (κ2) is 10.5. The number of fused-ring (bicyclic) bond motifs is 1. The Morgan fingerprint density at radius 1 is 1.12 bits per heavy atom. The molecule has 1 N–H and O–H groups in total. The molecule has 8 heteroatoms. The van der Waals surface area contributed by atoms with E-state index in [1.807, 2.05) is 31.2 Å². The number of amides is 1. The highest BCUT2D eigenvalue weighted by atomic mass is 32.2. The highest BCUT2D eigenvalue weighted by molar-refractivity contribution is 7.92. The molecule has 0 spiro atoms. The van der Waals surface area contributed by atoms with Gasteiger partial charge in [0.05, 0.1) is 24.6 Å². The summed E-state index contributed by atoms with van der Waals surface area (Å²) in [6.45, 7) is 6.45. The number of carbonyl (C=O) groups excluding carboxylic acids is 1. The van der Waals surface area contributed by atoms with Gasteiger partial charge in [0, 0.05) is 12.0 Å². The fourth-order valence-electron chi connectivity index (χ4n) is 4.13. The van der Waals surface area contributed by atoms with Gasteiger partial charge in [0.1, 0.15) is 23.6 Å². The van der Waals surface area contributed by atoms with E-state index in [0.717, 1.165) is 41.1 Å². The summed E-state index contributed by atoms with van der Waals surface area (Å²) < 4.78 is 38.0. The Labute approximate surface area is 197 Å². The van der Waals surface area contributed by atoms with Crippen molar-refractivity contribution in [2.75, 3.05) is 23.7 Å². The van der Waals surface area contributed by atoms with E-state index in [-0.39, 0.29) is 24.1 Å². The van der Waals surface area contributed by atoms with E-state index >= 15 is 0 Å². The van der Waals surface area contributed by atoms with E-state index in [4.69, 9.17) is 9.47 Å². The number of benzene rings is 2. The van der Waals surface area contributed by atoms with E-state index in [1.54, 1.807) is 24.3 Å². The molecule has 0 saturated carbocycles. The highest BCUT2D eigenvalue weighted by Crippen LogP contribution is 2.42. The largest absolute Gasteiger partial charge is 0.494 e. The molecule has 0 radical (unpaired) electrons. The van der Waals surface area contributed by atoms with E-state index in [2.05, 4.69) is 19.2 Å². The molecule has 2 aromatic rings. The molecule has 0 fully saturated rings. The van der Waals surface area contributed by atoms with Gasteiger partial charge in [-0.3, -0.25) is 9.10 Å². The van der Waals surface area contributed by atoms with Gasteiger partial charge in [-0.2, -0.15) is 0 Å². The number of ether oxygens (including phenoxy) is 2. The predicted octanol–water partition coefficient (Wildman–Crippen LogP) is 4.44. The molecule has 33 heavy (non-hydrogen) atoms. The van der Waals surface area contributed by atoms with Crippen molar-refractivity contribution in [1.29, 1.82) is 0 Å². The second-order valence-corrected chi connectivity index (χ2v) is 10.4. The smallest absolute Gasteiger partial charge is 0.241 e. The molecular formula is C25H34N2O5S. The Morgan fingerprint density at radius 3 is 2.39 bits per heavy atom. The predicted molar refractivity (Wildman–Crippen MR) is 130 cm³/mol. The lowest BCUT2D eigenvalue weighted by atomic mass is 9.83. The van der Waals surface area contributed by atoms with Crippen LogP contribution in [0.1, 0.15) is 58.1 Å². The quantitative estimate of drug-likeness (QED) is 0.550. The Morgan fingerprint density at radius 2 is 1.79 bits per heavy atom. The minimum Gasteiger partial charge on any atom is -0.494 e. The summed E-state index contributed by atoms with van der Waals surface area (Å²) >= 11 is 0. The van der Waals surface area contributed by atoms with Crippen molar-refractivity contribution in [3.05, 3.63) is 54.1 Å². The Kier molecular flexibility index (Phi) is 7.89. The molecule has 1 aliphatic rings. The summed E-state index contributed by atoms with van der Waals surface area (Å²) in [5.74, 6) is 1.06. The number of anilines is 1. The van der Waals surface area contributed by atoms with Crippen molar-refractivity contribution >= 4 is 21.6 Å². The van der Waals surface area contributed by atoms with Crippen molar-refractivity contribution in [1.82, 2.24) is 5.32 Å². The molecule has 1 heterocycles. The first-order chi connectivity index (χ1) is 15.7. The van der Waals surface area contributed by atoms with Gasteiger partial charge in [-0.05, 0) is 49.6 Å². The first-order valence-electron chi connectivity index (χ1n) is 11.5. The number of sulfonamides is 1. The van der Waals surface area contributed by atoms with Crippen LogP contribution in [0.3, 0.4) is 0 Å². The van der Waals surface area contributed by atoms with Crippen molar-refractivity contribution in [3.63, 3.8) is 0 Å². The maximum atomic E-state index is 13.1. The first-order valence-corrected chi connectivity index (χ1v) is 13.3. The van der Waals surface area contributed by atoms with Crippen LogP contribution in [0, 0.1) is 0 Å². The molecule has 1 aliphatic heterocycles. The number of rotatable bonds is 10. The topological polar surface area (TPSA) is 84.9 Å². The standard InChI is InChI=1S/C25H34N2O5S/c1-5-16-31-20-14-12-19(13-15-20)27(33(4,29)30)18-24(28)26-22-17-25(6-2,7-3)32-23-11-9-8-10-21(22)23/h8-15,22H,5-7,16-18H2,1-4H3,(H,26,28). The highest BCUT2D eigenvalue weighted by Gasteiger charge is 2.39. The van der Waals surface area contributed by atoms with Crippen molar-refractivity contribution in [2.45, 2.75) is 58.1 Å². The van der Waals surface area contributed by atoms with Crippen molar-refractivity contribution in [3.8, 4) is 11.5 Å². The third-order valence-corrected chi connectivity index (χ3v) is 7.25. The zero-order valence-corrected chi connectivity index (χ0v) is 20.7. The van der Waals surface area contributed by atoms with Crippen LogP contribution in [-0.4, -0.2) is 39.3 Å². The molecule has 0 aromatic heterocycles. The van der Waals surface area contributed by atoms with Crippen LogP contribution in [0.15, 0.2) is 48.5 Å². The summed E-state index contributed by atoms with van der Waals surface area (Å²) in [6, 6.07) is 14.2. The van der Waals surface area contributed by atoms with Crippen LogP contribution >= 0.6 is 0 Å². The van der Waals surface area contributed by atoms with E-state index in [1.165, 1.54) is 0 Å². The summed E-state index contributed by atoms with van der Waals surface area (Å²) in [5.41, 5.74) is 0.962. The summed E-state index contributed by atoms with van der Waals surface area (Å²) in [6.07, 6.45) is 4.23. The van der Waals surface area contributed by atoms with Crippen LogP contribution < -0.4 is 19.1 Å². The molecular weight excluding hydrogens is 440 g/mol. The number of nitrogens with one attached hydrogen (secondary N) is 1. The van der Waals surface area contributed by atoms with Crippen LogP contribution in [0.25, 0.3) is 0 Å². The van der Waals surface area contributed by atoms with Gasteiger partial charge in [0.15, 0.2) is 0 Å². The van der Waals surface area contributed by atoms with Crippen LogP contribution in [-0.2, 0) is 14.8 Å². The van der Waals surface area contributed by atoms with Crippen molar-refractivity contribution < 1.29 is 22.7 Å². The van der Waals surface area contributed by atoms with Gasteiger partial charge in [-0.25, -0.2) is 8.42 Å². The molecule has 180 valence electrons. The van der Waals surface area contributed by atoms with E-state index in [9.17, 15) is 13.2 Å². The average Bonchev–Trinajstić information content (AvgIpc) is 2.80. The maximum absolute atomic E-state index is 13.1. The number of nitrogens with zero attached hydrogens (tertiary/aromatic N) is 1. The Bertz CT molecular complexity index is 1050. The summed E-state index contributed by atoms with van der Waals surface area (Å²) in [4.78, 5) is 13.1. The average molecular weight is 475 g/mol. The fourth-order valence-corrected chi connectivity index (χ4v) is 4.99. The number of carbonyl (C=O) groups is 1. The fraction of sp³-hybridized carbons (Fsp3) is 0.480. The molecule has 1 amide bonds. The van der Waals surface area contributed by atoms with Gasteiger partial charge < -0.3 is 14.8 Å². The molecule has 7 nitrogen and oxygen atoms in total.